The van der Waals surface area contributed by atoms with Gasteiger partial charge in [-0.3, -0.25) is 0 Å². The van der Waals surface area contributed by atoms with Crippen molar-refractivity contribution in [3.8, 4) is 0 Å². The normalized spacial score (nSPS) is 25.4. The Kier molecular flexibility index (Phi) is 5.70. The maximum absolute atomic E-state index is 12.0. The van der Waals surface area contributed by atoms with E-state index in [0.29, 0.717) is 19.6 Å². The maximum atomic E-state index is 12.0. The first-order valence-corrected chi connectivity index (χ1v) is 7.19. The van der Waals surface area contributed by atoms with Crippen LogP contribution in [0.1, 0.15) is 46.5 Å². The molecule has 1 atom stereocenters. The van der Waals surface area contributed by atoms with E-state index in [4.69, 9.17) is 15.2 Å². The second kappa shape index (κ2) is 6.50. The molecule has 0 aromatic carbocycles. The summed E-state index contributed by atoms with van der Waals surface area (Å²) in [6, 6.07) is 0. The number of carbonyl (C=O) groups excluding carboxylic acids is 1. The summed E-state index contributed by atoms with van der Waals surface area (Å²) < 4.78 is 11.5. The maximum Gasteiger partial charge on any atom is 0.410 e. The third-order valence-corrected chi connectivity index (χ3v) is 3.93. The number of nitrogens with zero attached hydrogens (tertiary/aromatic N) is 1. The average Bonchev–Trinajstić information content (AvgIpc) is 2.71. The lowest BCUT2D eigenvalue weighted by atomic mass is 9.89. The van der Waals surface area contributed by atoms with Crippen molar-refractivity contribution in [1.82, 2.24) is 4.90 Å². The van der Waals surface area contributed by atoms with Crippen molar-refractivity contribution in [3.05, 3.63) is 0 Å². The van der Waals surface area contributed by atoms with Gasteiger partial charge in [0.05, 0.1) is 11.7 Å². The van der Waals surface area contributed by atoms with Crippen LogP contribution in [0.15, 0.2) is 0 Å². The molecule has 0 aromatic heterocycles. The summed E-state index contributed by atoms with van der Waals surface area (Å²) in [6.45, 7) is 7.70. The highest BCUT2D eigenvalue weighted by molar-refractivity contribution is 5.85. The first-order valence-electron chi connectivity index (χ1n) is 7.19. The van der Waals surface area contributed by atoms with E-state index in [9.17, 15) is 4.79 Å². The minimum atomic E-state index is -0.430. The number of hydrogen-bond donors (Lipinski definition) is 1. The highest BCUT2D eigenvalue weighted by Crippen LogP contribution is 2.38. The molecule has 6 heteroatoms. The molecule has 0 aromatic rings. The van der Waals surface area contributed by atoms with Gasteiger partial charge in [0, 0.05) is 19.6 Å². The van der Waals surface area contributed by atoms with Gasteiger partial charge in [0.25, 0.3) is 0 Å². The highest BCUT2D eigenvalue weighted by Gasteiger charge is 2.43. The fraction of sp³-hybridized carbons (Fsp3) is 0.929. The van der Waals surface area contributed by atoms with Crippen LogP contribution in [0.25, 0.3) is 0 Å². The number of amides is 1. The van der Waals surface area contributed by atoms with Gasteiger partial charge in [-0.2, -0.15) is 0 Å². The monoisotopic (exact) mass is 306 g/mol. The first-order chi connectivity index (χ1) is 8.84. The minimum Gasteiger partial charge on any atom is -0.444 e. The zero-order chi connectivity index (χ0) is 14.1. The molecule has 2 fully saturated rings. The van der Waals surface area contributed by atoms with Gasteiger partial charge in [0.1, 0.15) is 5.60 Å². The van der Waals surface area contributed by atoms with Gasteiger partial charge in [0.2, 0.25) is 0 Å². The standard InChI is InChI=1S/C14H26N2O3.ClH/c1-13(2,3)19-12(17)16-8-6-14(7-9-16)5-4-11(10-15)18-14;/h11H,4-10,15H2,1-3H3;1H. The lowest BCUT2D eigenvalue weighted by Crippen LogP contribution is -2.48. The van der Waals surface area contributed by atoms with E-state index < -0.39 is 5.60 Å². The quantitative estimate of drug-likeness (QED) is 0.807. The number of likely N-dealkylation sites (tertiary alicyclic amines) is 1. The van der Waals surface area contributed by atoms with Gasteiger partial charge in [-0.1, -0.05) is 0 Å². The lowest BCUT2D eigenvalue weighted by molar-refractivity contribution is -0.0750. The third-order valence-electron chi connectivity index (χ3n) is 3.93. The zero-order valence-corrected chi connectivity index (χ0v) is 13.5. The van der Waals surface area contributed by atoms with Crippen LogP contribution in [0, 0.1) is 0 Å². The minimum absolute atomic E-state index is 0. The van der Waals surface area contributed by atoms with E-state index in [1.165, 1.54) is 0 Å². The largest absolute Gasteiger partial charge is 0.444 e. The summed E-state index contributed by atoms with van der Waals surface area (Å²) >= 11 is 0. The number of piperidine rings is 1. The van der Waals surface area contributed by atoms with Gasteiger partial charge in [-0.25, -0.2) is 4.79 Å². The molecule has 0 saturated carbocycles. The van der Waals surface area contributed by atoms with Crippen LogP contribution in [0.3, 0.4) is 0 Å². The molecule has 0 radical (unpaired) electrons. The number of nitrogens with two attached hydrogens (primary N) is 1. The van der Waals surface area contributed by atoms with E-state index in [-0.39, 0.29) is 30.2 Å². The van der Waals surface area contributed by atoms with Crippen molar-refractivity contribution < 1.29 is 14.3 Å². The molecule has 0 bridgehead atoms. The van der Waals surface area contributed by atoms with Crippen molar-refractivity contribution >= 4 is 18.5 Å². The predicted molar refractivity (Wildman–Crippen MR) is 80.2 cm³/mol. The Balaban J connectivity index is 0.00000200. The van der Waals surface area contributed by atoms with Gasteiger partial charge in [-0.05, 0) is 46.5 Å². The molecule has 2 N–H and O–H groups in total. The molecule has 1 amide bonds. The fourth-order valence-corrected chi connectivity index (χ4v) is 2.85. The van der Waals surface area contributed by atoms with Crippen LogP contribution in [-0.2, 0) is 9.47 Å². The molecule has 2 aliphatic heterocycles. The molecule has 2 heterocycles. The van der Waals surface area contributed by atoms with E-state index in [1.54, 1.807) is 4.90 Å². The number of halogens is 1. The number of rotatable bonds is 1. The van der Waals surface area contributed by atoms with Crippen LogP contribution in [0.4, 0.5) is 4.79 Å². The van der Waals surface area contributed by atoms with Gasteiger partial charge < -0.3 is 20.1 Å². The van der Waals surface area contributed by atoms with E-state index >= 15 is 0 Å². The molecular formula is C14H27ClN2O3. The second-order valence-corrected chi connectivity index (χ2v) is 6.66. The summed E-state index contributed by atoms with van der Waals surface area (Å²) in [5.41, 5.74) is 5.19. The summed E-state index contributed by atoms with van der Waals surface area (Å²) in [6.07, 6.45) is 3.88. The molecule has 2 saturated heterocycles. The summed E-state index contributed by atoms with van der Waals surface area (Å²) in [4.78, 5) is 13.8. The molecular weight excluding hydrogens is 280 g/mol. The van der Waals surface area contributed by atoms with Crippen molar-refractivity contribution in [3.63, 3.8) is 0 Å². The van der Waals surface area contributed by atoms with Crippen molar-refractivity contribution in [2.75, 3.05) is 19.6 Å². The van der Waals surface area contributed by atoms with E-state index in [1.807, 2.05) is 20.8 Å². The Hall–Kier alpha value is -0.520. The summed E-state index contributed by atoms with van der Waals surface area (Å²) in [5.74, 6) is 0. The number of hydrogen-bond acceptors (Lipinski definition) is 4. The number of ether oxygens (including phenoxy) is 2. The van der Waals surface area contributed by atoms with Crippen molar-refractivity contribution in [2.45, 2.75) is 63.8 Å². The predicted octanol–water partition coefficient (Wildman–Crippen LogP) is 2.32. The fourth-order valence-electron chi connectivity index (χ4n) is 2.85. The van der Waals surface area contributed by atoms with Crippen molar-refractivity contribution in [2.24, 2.45) is 5.73 Å². The Bertz CT molecular complexity index is 336. The molecule has 118 valence electrons. The SMILES string of the molecule is CC(C)(C)OC(=O)N1CCC2(CCC(CN)O2)CC1.Cl. The molecule has 1 unspecified atom stereocenters. The summed E-state index contributed by atoms with van der Waals surface area (Å²) in [5, 5.41) is 0. The molecule has 1 spiro atoms. The van der Waals surface area contributed by atoms with Crippen LogP contribution in [0.2, 0.25) is 0 Å². The van der Waals surface area contributed by atoms with Crippen LogP contribution in [0.5, 0.6) is 0 Å². The summed E-state index contributed by atoms with van der Waals surface area (Å²) in [7, 11) is 0. The smallest absolute Gasteiger partial charge is 0.410 e. The molecule has 0 aliphatic carbocycles. The molecule has 5 nitrogen and oxygen atoms in total. The Morgan fingerprint density at radius 3 is 2.40 bits per heavy atom. The average molecular weight is 307 g/mol. The molecule has 2 aliphatic rings. The van der Waals surface area contributed by atoms with Crippen LogP contribution >= 0.6 is 12.4 Å². The second-order valence-electron chi connectivity index (χ2n) is 6.66. The Morgan fingerprint density at radius 1 is 1.35 bits per heavy atom. The Labute approximate surface area is 127 Å². The zero-order valence-electron chi connectivity index (χ0n) is 12.7. The van der Waals surface area contributed by atoms with Crippen LogP contribution < -0.4 is 5.73 Å². The topological polar surface area (TPSA) is 64.8 Å². The molecule has 20 heavy (non-hydrogen) atoms. The first kappa shape index (κ1) is 17.5. The Morgan fingerprint density at radius 2 is 1.95 bits per heavy atom. The van der Waals surface area contributed by atoms with Gasteiger partial charge >= 0.3 is 6.09 Å². The van der Waals surface area contributed by atoms with E-state index in [0.717, 1.165) is 25.7 Å². The lowest BCUT2D eigenvalue weighted by Gasteiger charge is -2.39. The van der Waals surface area contributed by atoms with Crippen LogP contribution in [-0.4, -0.2) is 47.9 Å². The molecule has 2 rings (SSSR count). The van der Waals surface area contributed by atoms with E-state index in [2.05, 4.69) is 0 Å². The third kappa shape index (κ3) is 4.24. The van der Waals surface area contributed by atoms with Gasteiger partial charge in [0.15, 0.2) is 0 Å². The number of carbonyl (C=O) groups is 1. The van der Waals surface area contributed by atoms with Crippen molar-refractivity contribution in [1.29, 1.82) is 0 Å². The van der Waals surface area contributed by atoms with Gasteiger partial charge in [-0.15, -0.1) is 12.4 Å². The highest BCUT2D eigenvalue weighted by atomic mass is 35.5.